The van der Waals surface area contributed by atoms with Crippen LogP contribution in [0.1, 0.15) is 37.8 Å². The average molecular weight is 236 g/mol. The third-order valence-electron chi connectivity index (χ3n) is 4.47. The molecule has 3 rings (SSSR count). The first-order valence-corrected chi connectivity index (χ1v) is 6.77. The van der Waals surface area contributed by atoms with Crippen LogP contribution in [0.2, 0.25) is 0 Å². The lowest BCUT2D eigenvalue weighted by Crippen LogP contribution is -2.16. The zero-order valence-corrected chi connectivity index (χ0v) is 10.4. The normalized spacial score (nSPS) is 35.5. The van der Waals surface area contributed by atoms with Crippen LogP contribution in [0.15, 0.2) is 24.4 Å². The maximum Gasteiger partial charge on any atom is 0.0450 e. The molecule has 0 saturated heterocycles. The molecule has 0 aliphatic heterocycles. The van der Waals surface area contributed by atoms with Gasteiger partial charge in [-0.15, -0.1) is 11.6 Å². The van der Waals surface area contributed by atoms with E-state index in [2.05, 4.69) is 24.0 Å². The van der Waals surface area contributed by atoms with Gasteiger partial charge in [0, 0.05) is 23.2 Å². The van der Waals surface area contributed by atoms with Crippen molar-refractivity contribution in [3.05, 3.63) is 30.1 Å². The summed E-state index contributed by atoms with van der Waals surface area (Å²) in [5, 5.41) is 0.283. The molecule has 2 saturated carbocycles. The molecule has 4 atom stereocenters. The van der Waals surface area contributed by atoms with Crippen molar-refractivity contribution in [1.82, 2.24) is 4.98 Å². The second-order valence-corrected chi connectivity index (χ2v) is 5.83. The van der Waals surface area contributed by atoms with Crippen molar-refractivity contribution in [2.75, 3.05) is 0 Å². The Morgan fingerprint density at radius 2 is 2.06 bits per heavy atom. The summed E-state index contributed by atoms with van der Waals surface area (Å²) in [5.74, 6) is 3.04. The third-order valence-corrected chi connectivity index (χ3v) is 5.14. The molecule has 0 N–H and O–H groups in total. The Bertz CT molecular complexity index is 354. The fourth-order valence-corrected chi connectivity index (χ4v) is 3.99. The molecule has 2 aliphatic carbocycles. The van der Waals surface area contributed by atoms with Crippen molar-refractivity contribution < 1.29 is 0 Å². The minimum absolute atomic E-state index is 0.283. The number of hydrogen-bond donors (Lipinski definition) is 0. The van der Waals surface area contributed by atoms with Crippen molar-refractivity contribution in [2.45, 2.75) is 37.5 Å². The molecule has 2 fully saturated rings. The first-order valence-electron chi connectivity index (χ1n) is 6.34. The van der Waals surface area contributed by atoms with Crippen LogP contribution in [0.25, 0.3) is 0 Å². The Labute approximate surface area is 102 Å². The molecule has 86 valence electrons. The fraction of sp³-hybridized carbons (Fsp3) is 0.643. The summed E-state index contributed by atoms with van der Waals surface area (Å²) in [6.45, 7) is 2.22. The van der Waals surface area contributed by atoms with Crippen molar-refractivity contribution in [2.24, 2.45) is 17.8 Å². The largest absolute Gasteiger partial charge is 0.261 e. The van der Waals surface area contributed by atoms with E-state index in [4.69, 9.17) is 11.6 Å². The Hall–Kier alpha value is -0.560. The zero-order valence-electron chi connectivity index (χ0n) is 9.64. The van der Waals surface area contributed by atoms with Crippen LogP contribution >= 0.6 is 11.6 Å². The molecule has 0 aromatic carbocycles. The molecule has 0 bridgehead atoms. The lowest BCUT2D eigenvalue weighted by atomic mass is 9.95. The molecule has 0 amide bonds. The van der Waals surface area contributed by atoms with Crippen LogP contribution in [0.3, 0.4) is 0 Å². The summed E-state index contributed by atoms with van der Waals surface area (Å²) < 4.78 is 0. The molecule has 0 radical (unpaired) electrons. The highest BCUT2D eigenvalue weighted by Crippen LogP contribution is 2.61. The molecule has 1 aromatic heterocycles. The number of pyridine rings is 1. The summed E-state index contributed by atoms with van der Waals surface area (Å²) in [6.07, 6.45) is 6.11. The number of aromatic nitrogens is 1. The lowest BCUT2D eigenvalue weighted by molar-refractivity contribution is 0.513. The van der Waals surface area contributed by atoms with Crippen LogP contribution in [0.5, 0.6) is 0 Å². The van der Waals surface area contributed by atoms with E-state index >= 15 is 0 Å². The topological polar surface area (TPSA) is 12.9 Å². The lowest BCUT2D eigenvalue weighted by Gasteiger charge is -2.19. The van der Waals surface area contributed by atoms with Gasteiger partial charge in [0.05, 0.1) is 0 Å². The average Bonchev–Trinajstić information content (AvgIpc) is 2.81. The minimum Gasteiger partial charge on any atom is -0.261 e. The van der Waals surface area contributed by atoms with E-state index < -0.39 is 0 Å². The first kappa shape index (κ1) is 10.6. The maximum absolute atomic E-state index is 6.63. The predicted octanol–water partition coefficient (Wildman–Crippen LogP) is 3.84. The van der Waals surface area contributed by atoms with Crippen LogP contribution in [0.4, 0.5) is 0 Å². The maximum atomic E-state index is 6.63. The summed E-state index contributed by atoms with van der Waals surface area (Å²) in [7, 11) is 0. The van der Waals surface area contributed by atoms with Gasteiger partial charge in [0.15, 0.2) is 0 Å². The molecule has 16 heavy (non-hydrogen) atoms. The Balaban J connectivity index is 1.69. The smallest absolute Gasteiger partial charge is 0.0450 e. The molecular weight excluding hydrogens is 218 g/mol. The van der Waals surface area contributed by atoms with E-state index in [1.54, 1.807) is 0 Å². The van der Waals surface area contributed by atoms with Gasteiger partial charge in [-0.3, -0.25) is 4.98 Å². The van der Waals surface area contributed by atoms with Gasteiger partial charge in [0.2, 0.25) is 0 Å². The molecule has 1 aromatic rings. The standard InChI is InChI=1S/C14H18ClN/c1-9(12-7-2-3-8-16-12)14(15)13-10-5-4-6-11(10)13/h2-3,7-11,13-14H,4-6H2,1H3. The number of fused-ring (bicyclic) bond motifs is 1. The van der Waals surface area contributed by atoms with Crippen LogP contribution in [-0.2, 0) is 0 Å². The van der Waals surface area contributed by atoms with E-state index in [9.17, 15) is 0 Å². The van der Waals surface area contributed by atoms with Crippen LogP contribution < -0.4 is 0 Å². The molecule has 1 nitrogen and oxygen atoms in total. The molecular formula is C14H18ClN. The number of halogens is 1. The monoisotopic (exact) mass is 235 g/mol. The van der Waals surface area contributed by atoms with Gasteiger partial charge in [-0.2, -0.15) is 0 Å². The number of alkyl halides is 1. The highest BCUT2D eigenvalue weighted by Gasteiger charge is 2.56. The predicted molar refractivity (Wildman–Crippen MR) is 66.6 cm³/mol. The van der Waals surface area contributed by atoms with Crippen LogP contribution in [0, 0.1) is 17.8 Å². The van der Waals surface area contributed by atoms with E-state index in [0.717, 1.165) is 23.4 Å². The summed E-state index contributed by atoms with van der Waals surface area (Å²) >= 11 is 6.63. The first-order chi connectivity index (χ1) is 7.79. The van der Waals surface area contributed by atoms with Crippen molar-refractivity contribution in [3.63, 3.8) is 0 Å². The number of nitrogens with zero attached hydrogens (tertiary/aromatic N) is 1. The van der Waals surface area contributed by atoms with Gasteiger partial charge in [-0.25, -0.2) is 0 Å². The molecule has 0 spiro atoms. The highest BCUT2D eigenvalue weighted by molar-refractivity contribution is 6.21. The van der Waals surface area contributed by atoms with Crippen molar-refractivity contribution >= 4 is 11.6 Å². The van der Waals surface area contributed by atoms with Gasteiger partial charge < -0.3 is 0 Å². The highest BCUT2D eigenvalue weighted by atomic mass is 35.5. The summed E-state index contributed by atoms with van der Waals surface area (Å²) in [4.78, 5) is 4.42. The SMILES string of the molecule is CC(c1ccccn1)C(Cl)C1C2CCCC21. The van der Waals surface area contributed by atoms with E-state index in [1.165, 1.54) is 19.3 Å². The second-order valence-electron chi connectivity index (χ2n) is 5.32. The Morgan fingerprint density at radius 3 is 2.69 bits per heavy atom. The van der Waals surface area contributed by atoms with Gasteiger partial charge in [0.1, 0.15) is 0 Å². The molecule has 1 heterocycles. The fourth-order valence-electron chi connectivity index (χ4n) is 3.49. The summed E-state index contributed by atoms with van der Waals surface area (Å²) in [5.41, 5.74) is 1.15. The minimum atomic E-state index is 0.283. The Kier molecular flexibility index (Phi) is 2.67. The number of rotatable bonds is 3. The summed E-state index contributed by atoms with van der Waals surface area (Å²) in [6, 6.07) is 6.11. The molecule has 4 unspecified atom stereocenters. The third kappa shape index (κ3) is 1.66. The number of hydrogen-bond acceptors (Lipinski definition) is 1. The van der Waals surface area contributed by atoms with E-state index in [1.807, 2.05) is 12.3 Å². The van der Waals surface area contributed by atoms with Gasteiger partial charge in [-0.05, 0) is 42.7 Å². The zero-order chi connectivity index (χ0) is 11.1. The van der Waals surface area contributed by atoms with Crippen molar-refractivity contribution in [3.8, 4) is 0 Å². The molecule has 2 heteroatoms. The van der Waals surface area contributed by atoms with Gasteiger partial charge >= 0.3 is 0 Å². The van der Waals surface area contributed by atoms with Gasteiger partial charge in [0.25, 0.3) is 0 Å². The van der Waals surface area contributed by atoms with E-state index in [-0.39, 0.29) is 5.38 Å². The van der Waals surface area contributed by atoms with Crippen molar-refractivity contribution in [1.29, 1.82) is 0 Å². The van der Waals surface area contributed by atoms with Gasteiger partial charge in [-0.1, -0.05) is 19.4 Å². The second kappa shape index (κ2) is 4.03. The quantitative estimate of drug-likeness (QED) is 0.726. The van der Waals surface area contributed by atoms with Crippen LogP contribution in [-0.4, -0.2) is 10.4 Å². The van der Waals surface area contributed by atoms with E-state index in [0.29, 0.717) is 5.92 Å². The Morgan fingerprint density at radius 1 is 1.31 bits per heavy atom. The molecule has 2 aliphatic rings.